The molecule has 10 nitrogen and oxygen atoms in total. The first-order chi connectivity index (χ1) is 18.9. The topological polar surface area (TPSA) is 126 Å². The Bertz CT molecular complexity index is 1660. The number of nitrogens with one attached hydrogen (secondary N) is 1. The van der Waals surface area contributed by atoms with E-state index in [-0.39, 0.29) is 24.2 Å². The largest absolute Gasteiger partial charge is 0.477 e. The molecule has 0 spiro atoms. The minimum absolute atomic E-state index is 0.00631. The number of pyridine rings is 2. The molecule has 1 aliphatic rings. The van der Waals surface area contributed by atoms with Gasteiger partial charge in [-0.05, 0) is 55.3 Å². The van der Waals surface area contributed by atoms with E-state index in [2.05, 4.69) is 25.3 Å². The van der Waals surface area contributed by atoms with E-state index >= 15 is 0 Å². The Morgan fingerprint density at radius 1 is 1.10 bits per heavy atom. The van der Waals surface area contributed by atoms with E-state index in [1.165, 1.54) is 17.4 Å². The van der Waals surface area contributed by atoms with Crippen LogP contribution in [0.4, 0.5) is 5.69 Å². The first-order valence-electron chi connectivity index (χ1n) is 12.4. The number of hydrogen-bond acceptors (Lipinski definition) is 8. The van der Waals surface area contributed by atoms with Crippen LogP contribution in [0, 0.1) is 0 Å². The summed E-state index contributed by atoms with van der Waals surface area (Å²) in [5.74, 6) is -0.801. The zero-order valence-corrected chi connectivity index (χ0v) is 22.2. The molecule has 6 heterocycles. The predicted octanol–water partition coefficient (Wildman–Crippen LogP) is 4.95. The summed E-state index contributed by atoms with van der Waals surface area (Å²) in [5, 5.41) is 16.8. The van der Waals surface area contributed by atoms with Crippen LogP contribution in [-0.4, -0.2) is 55.8 Å². The number of carbonyl (C=O) groups is 2. The van der Waals surface area contributed by atoms with E-state index < -0.39 is 5.97 Å². The predicted molar refractivity (Wildman–Crippen MR) is 148 cm³/mol. The van der Waals surface area contributed by atoms with Crippen molar-refractivity contribution in [1.82, 2.24) is 25.0 Å². The van der Waals surface area contributed by atoms with E-state index in [0.717, 1.165) is 36.5 Å². The minimum Gasteiger partial charge on any atom is -0.477 e. The maximum absolute atomic E-state index is 13.5. The first-order valence-corrected chi connectivity index (χ1v) is 13.5. The lowest BCUT2D eigenvalue weighted by Gasteiger charge is -2.33. The Kier molecular flexibility index (Phi) is 6.76. The maximum Gasteiger partial charge on any atom is 0.354 e. The number of nitrogens with zero attached hydrogens (tertiary/aromatic N) is 5. The van der Waals surface area contributed by atoms with Crippen LogP contribution in [-0.2, 0) is 6.54 Å². The molecule has 0 saturated carbocycles. The number of thiophene rings is 1. The van der Waals surface area contributed by atoms with Crippen molar-refractivity contribution in [3.63, 3.8) is 0 Å². The molecule has 39 heavy (non-hydrogen) atoms. The standard InChI is InChI=1S/C27H23ClN6O4S/c28-25-4-3-24(39-25)23-13-17(32-38-23)15-34-21-2-1-19(27(36)37)31-20(21)14-22(34)26(35)30-16-7-11-33(12-8-16)18-5-9-29-10-6-18/h1-6,9-10,13-14,16H,7-8,11-12,15H2,(H,30,35)(H,36,37). The van der Waals surface area contributed by atoms with E-state index in [1.807, 2.05) is 24.3 Å². The fraction of sp³-hybridized carbons (Fsp3) is 0.222. The van der Waals surface area contributed by atoms with Gasteiger partial charge in [-0.25, -0.2) is 9.78 Å². The number of fused-ring (bicyclic) bond motifs is 1. The van der Waals surface area contributed by atoms with E-state index in [4.69, 9.17) is 16.1 Å². The molecule has 2 N–H and O–H groups in total. The highest BCUT2D eigenvalue weighted by molar-refractivity contribution is 7.19. The molecule has 5 aromatic rings. The number of aromatic carboxylic acids is 1. The van der Waals surface area contributed by atoms with Gasteiger partial charge in [0.25, 0.3) is 5.91 Å². The van der Waals surface area contributed by atoms with Crippen molar-refractivity contribution < 1.29 is 19.2 Å². The van der Waals surface area contributed by atoms with Gasteiger partial charge in [0.05, 0.1) is 26.8 Å². The summed E-state index contributed by atoms with van der Waals surface area (Å²) in [6.07, 6.45) is 5.15. The van der Waals surface area contributed by atoms with Crippen LogP contribution in [0.15, 0.2) is 65.4 Å². The fourth-order valence-electron chi connectivity index (χ4n) is 4.82. The monoisotopic (exact) mass is 562 g/mol. The van der Waals surface area contributed by atoms with Crippen molar-refractivity contribution in [3.05, 3.63) is 82.3 Å². The molecule has 1 amide bonds. The lowest BCUT2D eigenvalue weighted by molar-refractivity contribution is 0.0690. The second kappa shape index (κ2) is 10.5. The maximum atomic E-state index is 13.5. The average molecular weight is 563 g/mol. The molecule has 198 valence electrons. The molecule has 0 unspecified atom stereocenters. The summed E-state index contributed by atoms with van der Waals surface area (Å²) in [7, 11) is 0. The van der Waals surface area contributed by atoms with Gasteiger partial charge in [-0.3, -0.25) is 9.78 Å². The quantitative estimate of drug-likeness (QED) is 0.285. The molecule has 0 radical (unpaired) electrons. The van der Waals surface area contributed by atoms with Crippen LogP contribution >= 0.6 is 22.9 Å². The van der Waals surface area contributed by atoms with Crippen LogP contribution in [0.5, 0.6) is 0 Å². The van der Waals surface area contributed by atoms with Crippen LogP contribution < -0.4 is 10.2 Å². The third kappa shape index (κ3) is 5.23. The molecule has 0 aliphatic carbocycles. The van der Waals surface area contributed by atoms with Crippen molar-refractivity contribution in [3.8, 4) is 10.6 Å². The summed E-state index contributed by atoms with van der Waals surface area (Å²) in [5.41, 5.74) is 3.05. The Morgan fingerprint density at radius 3 is 2.62 bits per heavy atom. The number of piperidine rings is 1. The first kappa shape index (κ1) is 25.1. The zero-order chi connectivity index (χ0) is 26.9. The molecule has 6 rings (SSSR count). The van der Waals surface area contributed by atoms with Gasteiger partial charge in [0.2, 0.25) is 0 Å². The van der Waals surface area contributed by atoms with Gasteiger partial charge in [-0.2, -0.15) is 0 Å². The van der Waals surface area contributed by atoms with Gasteiger partial charge < -0.3 is 24.4 Å². The van der Waals surface area contributed by atoms with Gasteiger partial charge in [0.15, 0.2) is 5.76 Å². The molecular weight excluding hydrogens is 540 g/mol. The van der Waals surface area contributed by atoms with Crippen molar-refractivity contribution >= 4 is 51.5 Å². The fourth-order valence-corrected chi connectivity index (χ4v) is 5.82. The molecule has 12 heteroatoms. The van der Waals surface area contributed by atoms with E-state index in [0.29, 0.717) is 32.5 Å². The summed E-state index contributed by atoms with van der Waals surface area (Å²) < 4.78 is 7.96. The molecule has 5 aromatic heterocycles. The Morgan fingerprint density at radius 2 is 1.90 bits per heavy atom. The normalized spacial score (nSPS) is 14.1. The summed E-state index contributed by atoms with van der Waals surface area (Å²) >= 11 is 7.45. The van der Waals surface area contributed by atoms with E-state index in [1.54, 1.807) is 35.2 Å². The lowest BCUT2D eigenvalue weighted by atomic mass is 10.0. The third-order valence-electron chi connectivity index (χ3n) is 6.76. The van der Waals surface area contributed by atoms with Crippen molar-refractivity contribution in [2.75, 3.05) is 18.0 Å². The Hall–Kier alpha value is -4.22. The molecule has 1 saturated heterocycles. The molecule has 0 bridgehead atoms. The van der Waals surface area contributed by atoms with Crippen molar-refractivity contribution in [2.45, 2.75) is 25.4 Å². The van der Waals surface area contributed by atoms with Crippen molar-refractivity contribution in [2.24, 2.45) is 0 Å². The number of carbonyl (C=O) groups excluding carboxylic acids is 1. The van der Waals surface area contributed by atoms with Gasteiger partial charge in [0, 0.05) is 43.3 Å². The van der Waals surface area contributed by atoms with Crippen molar-refractivity contribution in [1.29, 1.82) is 0 Å². The molecule has 0 atom stereocenters. The molecule has 0 aromatic carbocycles. The Balaban J connectivity index is 1.25. The number of rotatable bonds is 7. The highest BCUT2D eigenvalue weighted by Gasteiger charge is 2.25. The minimum atomic E-state index is -1.13. The number of anilines is 1. The van der Waals surface area contributed by atoms with Gasteiger partial charge in [0.1, 0.15) is 17.1 Å². The third-order valence-corrected chi connectivity index (χ3v) is 8.01. The van der Waals surface area contributed by atoms with Crippen LogP contribution in [0.2, 0.25) is 4.34 Å². The second-order valence-electron chi connectivity index (χ2n) is 9.25. The highest BCUT2D eigenvalue weighted by atomic mass is 35.5. The van der Waals surface area contributed by atoms with Gasteiger partial charge >= 0.3 is 5.97 Å². The molecule has 1 fully saturated rings. The van der Waals surface area contributed by atoms with E-state index in [9.17, 15) is 14.7 Å². The van der Waals surface area contributed by atoms with Crippen LogP contribution in [0.3, 0.4) is 0 Å². The number of carboxylic acid groups (broad SMARTS) is 1. The molecule has 1 aliphatic heterocycles. The zero-order valence-electron chi connectivity index (χ0n) is 20.6. The van der Waals surface area contributed by atoms with Gasteiger partial charge in [-0.15, -0.1) is 11.3 Å². The SMILES string of the molecule is O=C(O)c1ccc2c(cc(C(=O)NC3CCN(c4ccncc4)CC3)n2Cc2cc(-c3ccc(Cl)s3)on2)n1. The number of aromatic nitrogens is 4. The Labute approximate surface area is 231 Å². The number of amides is 1. The summed E-state index contributed by atoms with van der Waals surface area (Å²) in [4.78, 5) is 36.5. The number of halogens is 1. The van der Waals surface area contributed by atoms with Gasteiger partial charge in [-0.1, -0.05) is 16.8 Å². The molecular formula is C27H23ClN6O4S. The lowest BCUT2D eigenvalue weighted by Crippen LogP contribution is -2.45. The van der Waals surface area contributed by atoms with Crippen LogP contribution in [0.1, 0.15) is 39.5 Å². The number of carboxylic acids is 1. The highest BCUT2D eigenvalue weighted by Crippen LogP contribution is 2.32. The second-order valence-corrected chi connectivity index (χ2v) is 11.0. The average Bonchev–Trinajstić information content (AvgIpc) is 3.68. The van der Waals surface area contributed by atoms with Crippen LogP contribution in [0.25, 0.3) is 21.7 Å². The number of hydrogen-bond donors (Lipinski definition) is 2. The summed E-state index contributed by atoms with van der Waals surface area (Å²) in [6.45, 7) is 1.87. The smallest absolute Gasteiger partial charge is 0.354 e. The summed E-state index contributed by atoms with van der Waals surface area (Å²) in [6, 6.07) is 14.2.